The van der Waals surface area contributed by atoms with E-state index in [0.29, 0.717) is 5.92 Å². The predicted octanol–water partition coefficient (Wildman–Crippen LogP) is 4.00. The fourth-order valence-electron chi connectivity index (χ4n) is 1.42. The van der Waals surface area contributed by atoms with Gasteiger partial charge in [-0.3, -0.25) is 0 Å². The van der Waals surface area contributed by atoms with Gasteiger partial charge in [0.15, 0.2) is 0 Å². The summed E-state index contributed by atoms with van der Waals surface area (Å²) in [6.45, 7) is 14.8. The van der Waals surface area contributed by atoms with Gasteiger partial charge in [-0.2, -0.15) is 0 Å². The van der Waals surface area contributed by atoms with E-state index in [2.05, 4.69) is 60.2 Å². The molecule has 0 amide bonds. The Balaban J connectivity index is 5.24. The van der Waals surface area contributed by atoms with Gasteiger partial charge in [0.05, 0.1) is 0 Å². The van der Waals surface area contributed by atoms with Crippen LogP contribution in [-0.2, 0) is 0 Å². The molecule has 86 valence electrons. The Kier molecular flexibility index (Phi) is 5.41. The van der Waals surface area contributed by atoms with Gasteiger partial charge < -0.3 is 4.90 Å². The van der Waals surface area contributed by atoms with Gasteiger partial charge in [0.25, 0.3) is 0 Å². The van der Waals surface area contributed by atoms with E-state index in [0.717, 1.165) is 0 Å². The summed E-state index contributed by atoms with van der Waals surface area (Å²) in [5.74, 6) is 0.454. The van der Waals surface area contributed by atoms with Gasteiger partial charge in [-0.05, 0) is 44.8 Å². The smallest absolute Gasteiger partial charge is 0.0128 e. The number of allylic oxidation sites excluding steroid dienone is 5. The van der Waals surface area contributed by atoms with Crippen molar-refractivity contribution in [2.45, 2.75) is 34.6 Å². The molecule has 1 atom stereocenters. The molecule has 0 spiro atoms. The van der Waals surface area contributed by atoms with E-state index in [1.165, 1.54) is 22.4 Å². The summed E-state index contributed by atoms with van der Waals surface area (Å²) in [4.78, 5) is 2.16. The first-order valence-electron chi connectivity index (χ1n) is 5.48. The summed E-state index contributed by atoms with van der Waals surface area (Å²) in [7, 11) is 4.16. The van der Waals surface area contributed by atoms with Crippen LogP contribution in [0.15, 0.2) is 35.1 Å². The molecule has 1 unspecified atom stereocenters. The van der Waals surface area contributed by atoms with Gasteiger partial charge in [0, 0.05) is 19.8 Å². The van der Waals surface area contributed by atoms with E-state index in [1.54, 1.807) is 0 Å². The minimum atomic E-state index is 0.454. The van der Waals surface area contributed by atoms with E-state index < -0.39 is 0 Å². The number of hydrogen-bond donors (Lipinski definition) is 0. The van der Waals surface area contributed by atoms with Crippen LogP contribution in [0.2, 0.25) is 0 Å². The van der Waals surface area contributed by atoms with Crippen molar-refractivity contribution in [1.29, 1.82) is 0 Å². The quantitative estimate of drug-likeness (QED) is 0.497. The van der Waals surface area contributed by atoms with Crippen LogP contribution in [0.25, 0.3) is 0 Å². The second kappa shape index (κ2) is 5.79. The fourth-order valence-corrected chi connectivity index (χ4v) is 1.42. The van der Waals surface area contributed by atoms with Gasteiger partial charge in [-0.25, -0.2) is 0 Å². The molecule has 1 heteroatoms. The molecule has 1 nitrogen and oxygen atoms in total. The topological polar surface area (TPSA) is 3.24 Å². The van der Waals surface area contributed by atoms with Crippen LogP contribution < -0.4 is 0 Å². The molecule has 0 bridgehead atoms. The highest BCUT2D eigenvalue weighted by Crippen LogP contribution is 2.23. The third-order valence-electron chi connectivity index (χ3n) is 3.40. The summed E-state index contributed by atoms with van der Waals surface area (Å²) >= 11 is 0. The molecule has 0 N–H and O–H groups in total. The van der Waals surface area contributed by atoms with Gasteiger partial charge in [0.1, 0.15) is 0 Å². The van der Waals surface area contributed by atoms with Gasteiger partial charge in [-0.15, -0.1) is 6.58 Å². The van der Waals surface area contributed by atoms with Crippen LogP contribution >= 0.6 is 0 Å². The zero-order chi connectivity index (χ0) is 12.2. The second-order valence-electron chi connectivity index (χ2n) is 4.44. The maximum atomic E-state index is 3.84. The molecule has 0 heterocycles. The summed E-state index contributed by atoms with van der Waals surface area (Å²) in [5.41, 5.74) is 5.48. The summed E-state index contributed by atoms with van der Waals surface area (Å²) in [6.07, 6.45) is 2.00. The third-order valence-corrected chi connectivity index (χ3v) is 3.40. The molecule has 0 aromatic rings. The number of nitrogens with zero attached hydrogens (tertiary/aromatic N) is 1. The zero-order valence-electron chi connectivity index (χ0n) is 11.3. The third kappa shape index (κ3) is 3.58. The van der Waals surface area contributed by atoms with Crippen LogP contribution in [0, 0.1) is 5.92 Å². The fraction of sp³-hybridized carbons (Fsp3) is 0.571. The van der Waals surface area contributed by atoms with Crippen molar-refractivity contribution in [3.8, 4) is 0 Å². The molecule has 0 fully saturated rings. The Morgan fingerprint density at radius 3 is 1.87 bits per heavy atom. The van der Waals surface area contributed by atoms with Crippen molar-refractivity contribution in [3.63, 3.8) is 0 Å². The lowest BCUT2D eigenvalue weighted by molar-refractivity contribution is 0.507. The normalized spacial score (nSPS) is 16.5. The summed E-state index contributed by atoms with van der Waals surface area (Å²) < 4.78 is 0. The van der Waals surface area contributed by atoms with Crippen molar-refractivity contribution < 1.29 is 0 Å². The molecule has 15 heavy (non-hydrogen) atoms. The molecule has 0 aromatic heterocycles. The van der Waals surface area contributed by atoms with Crippen LogP contribution in [-0.4, -0.2) is 19.0 Å². The van der Waals surface area contributed by atoms with Crippen molar-refractivity contribution >= 4 is 0 Å². The van der Waals surface area contributed by atoms with E-state index >= 15 is 0 Å². The van der Waals surface area contributed by atoms with Crippen molar-refractivity contribution in [3.05, 3.63) is 35.1 Å². The molecule has 0 radical (unpaired) electrons. The molecule has 0 aromatic carbocycles. The van der Waals surface area contributed by atoms with Crippen LogP contribution in [0.3, 0.4) is 0 Å². The van der Waals surface area contributed by atoms with Gasteiger partial charge in [0.2, 0.25) is 0 Å². The van der Waals surface area contributed by atoms with E-state index in [-0.39, 0.29) is 0 Å². The Bertz CT molecular complexity index is 292. The number of rotatable bonds is 4. The molecule has 0 aliphatic heterocycles. The molecule has 0 saturated carbocycles. The highest BCUT2D eigenvalue weighted by atomic mass is 15.1. The monoisotopic (exact) mass is 207 g/mol. The standard InChI is InChI=1S/C14H25N/c1-9-10(2)11(3)12(4)13(5)14(6)15(7)8/h9-10H,1H2,2-8H3/b12-11-,14-13+. The zero-order valence-corrected chi connectivity index (χ0v) is 11.3. The lowest BCUT2D eigenvalue weighted by atomic mass is 9.93. The molecule has 0 aliphatic rings. The minimum absolute atomic E-state index is 0.454. The Morgan fingerprint density at radius 2 is 1.53 bits per heavy atom. The van der Waals surface area contributed by atoms with Crippen molar-refractivity contribution in [2.24, 2.45) is 5.92 Å². The Hall–Kier alpha value is -0.980. The van der Waals surface area contributed by atoms with E-state index in [4.69, 9.17) is 0 Å². The molecular formula is C14H25N. The van der Waals surface area contributed by atoms with Gasteiger partial charge in [-0.1, -0.05) is 18.6 Å². The van der Waals surface area contributed by atoms with E-state index in [1.807, 2.05) is 6.08 Å². The largest absolute Gasteiger partial charge is 0.381 e. The van der Waals surface area contributed by atoms with Crippen LogP contribution in [0.5, 0.6) is 0 Å². The maximum absolute atomic E-state index is 3.84. The van der Waals surface area contributed by atoms with E-state index in [9.17, 15) is 0 Å². The highest BCUT2D eigenvalue weighted by Gasteiger charge is 2.07. The summed E-state index contributed by atoms with van der Waals surface area (Å²) in [6, 6.07) is 0. The molecular weight excluding hydrogens is 182 g/mol. The molecule has 0 aliphatic carbocycles. The average Bonchev–Trinajstić information content (AvgIpc) is 2.23. The van der Waals surface area contributed by atoms with Crippen molar-refractivity contribution in [2.75, 3.05) is 14.1 Å². The predicted molar refractivity (Wildman–Crippen MR) is 69.8 cm³/mol. The van der Waals surface area contributed by atoms with Crippen LogP contribution in [0.1, 0.15) is 34.6 Å². The molecule has 0 rings (SSSR count). The first kappa shape index (κ1) is 14.0. The second-order valence-corrected chi connectivity index (χ2v) is 4.44. The Labute approximate surface area is 95.2 Å². The van der Waals surface area contributed by atoms with Gasteiger partial charge >= 0.3 is 0 Å². The van der Waals surface area contributed by atoms with Crippen molar-refractivity contribution in [1.82, 2.24) is 4.90 Å². The lowest BCUT2D eigenvalue weighted by Gasteiger charge is -2.19. The molecule has 0 saturated heterocycles. The highest BCUT2D eigenvalue weighted by molar-refractivity contribution is 5.35. The maximum Gasteiger partial charge on any atom is 0.0128 e. The Morgan fingerprint density at radius 1 is 1.07 bits per heavy atom. The number of hydrogen-bond acceptors (Lipinski definition) is 1. The average molecular weight is 207 g/mol. The first-order chi connectivity index (χ1) is 6.82. The minimum Gasteiger partial charge on any atom is -0.381 e. The SMILES string of the molecule is C=CC(C)/C(C)=C(C)\C(C)=C(/C)N(C)C. The lowest BCUT2D eigenvalue weighted by Crippen LogP contribution is -2.11. The van der Waals surface area contributed by atoms with Crippen LogP contribution in [0.4, 0.5) is 0 Å². The summed E-state index contributed by atoms with van der Waals surface area (Å²) in [5, 5.41) is 0. The first-order valence-corrected chi connectivity index (χ1v) is 5.48.